The van der Waals surface area contributed by atoms with Crippen LogP contribution in [-0.4, -0.2) is 42.3 Å². The van der Waals surface area contributed by atoms with Crippen LogP contribution in [-0.2, 0) is 9.59 Å². The van der Waals surface area contributed by atoms with E-state index in [4.69, 9.17) is 0 Å². The predicted molar refractivity (Wildman–Crippen MR) is 92.7 cm³/mol. The first kappa shape index (κ1) is 18.0. The van der Waals surface area contributed by atoms with Gasteiger partial charge < -0.3 is 15.5 Å². The Hall–Kier alpha value is -2.37. The second-order valence-electron chi connectivity index (χ2n) is 6.02. The third kappa shape index (κ3) is 4.57. The summed E-state index contributed by atoms with van der Waals surface area (Å²) in [5.41, 5.74) is 1.18. The van der Waals surface area contributed by atoms with Crippen molar-refractivity contribution < 1.29 is 14.4 Å². The highest BCUT2D eigenvalue weighted by Crippen LogP contribution is 2.20. The van der Waals surface area contributed by atoms with E-state index in [1.165, 1.54) is 0 Å². The third-order valence-corrected chi connectivity index (χ3v) is 4.12. The fraction of sp³-hybridized carbons (Fsp3) is 0.500. The minimum atomic E-state index is -0.308. The minimum absolute atomic E-state index is 0.0511. The van der Waals surface area contributed by atoms with Gasteiger partial charge in [0.05, 0.1) is 5.92 Å². The predicted octanol–water partition coefficient (Wildman–Crippen LogP) is 2.02. The van der Waals surface area contributed by atoms with Gasteiger partial charge in [0.25, 0.3) is 5.91 Å². The Morgan fingerprint density at radius 3 is 2.54 bits per heavy atom. The zero-order valence-electron chi connectivity index (χ0n) is 14.3. The Bertz CT molecular complexity index is 598. The number of carbonyl (C=O) groups is 3. The molecule has 1 saturated heterocycles. The first-order valence-corrected chi connectivity index (χ1v) is 8.52. The molecule has 0 spiro atoms. The van der Waals surface area contributed by atoms with Crippen molar-refractivity contribution in [3.63, 3.8) is 0 Å². The summed E-state index contributed by atoms with van der Waals surface area (Å²) in [7, 11) is 0. The summed E-state index contributed by atoms with van der Waals surface area (Å²) in [6, 6.07) is 6.75. The summed E-state index contributed by atoms with van der Waals surface area (Å²) >= 11 is 0. The molecule has 2 rings (SSSR count). The molecule has 1 aromatic rings. The van der Waals surface area contributed by atoms with Crippen molar-refractivity contribution in [2.24, 2.45) is 5.92 Å². The smallest absolute Gasteiger partial charge is 0.251 e. The van der Waals surface area contributed by atoms with Crippen LogP contribution in [0.3, 0.4) is 0 Å². The van der Waals surface area contributed by atoms with Gasteiger partial charge in [-0.05, 0) is 37.6 Å². The van der Waals surface area contributed by atoms with Crippen molar-refractivity contribution in [1.29, 1.82) is 0 Å². The van der Waals surface area contributed by atoms with E-state index in [1.54, 1.807) is 29.2 Å². The molecule has 6 heteroatoms. The van der Waals surface area contributed by atoms with Gasteiger partial charge in [-0.15, -0.1) is 0 Å². The van der Waals surface area contributed by atoms with Crippen molar-refractivity contribution in [1.82, 2.24) is 10.2 Å². The number of anilines is 1. The summed E-state index contributed by atoms with van der Waals surface area (Å²) in [6.45, 7) is 5.72. The molecule has 0 unspecified atom stereocenters. The number of benzene rings is 1. The van der Waals surface area contributed by atoms with Crippen LogP contribution in [0, 0.1) is 5.92 Å². The molecular weight excluding hydrogens is 306 g/mol. The van der Waals surface area contributed by atoms with Gasteiger partial charge in [0.1, 0.15) is 0 Å². The van der Waals surface area contributed by atoms with Gasteiger partial charge in [-0.1, -0.05) is 13.3 Å². The number of hydrogen-bond donors (Lipinski definition) is 2. The maximum atomic E-state index is 12.3. The first-order valence-electron chi connectivity index (χ1n) is 8.52. The number of likely N-dealkylation sites (tertiary alicyclic amines) is 1. The molecule has 2 N–H and O–H groups in total. The van der Waals surface area contributed by atoms with Crippen LogP contribution >= 0.6 is 0 Å². The molecule has 3 amide bonds. The summed E-state index contributed by atoms with van der Waals surface area (Å²) in [5, 5.41) is 5.55. The summed E-state index contributed by atoms with van der Waals surface area (Å²) in [6.07, 6.45) is 2.26. The second-order valence-corrected chi connectivity index (χ2v) is 6.02. The molecule has 1 aliphatic rings. The molecule has 1 aromatic carbocycles. The average molecular weight is 331 g/mol. The summed E-state index contributed by atoms with van der Waals surface area (Å²) in [4.78, 5) is 37.7. The monoisotopic (exact) mass is 331 g/mol. The van der Waals surface area contributed by atoms with Gasteiger partial charge in [0, 0.05) is 37.3 Å². The maximum Gasteiger partial charge on any atom is 0.251 e. The average Bonchev–Trinajstić information content (AvgIpc) is 2.95. The number of nitrogens with one attached hydrogen (secondary N) is 2. The number of rotatable bonds is 7. The lowest BCUT2D eigenvalue weighted by molar-refractivity contribution is -0.128. The number of amides is 3. The topological polar surface area (TPSA) is 78.5 Å². The van der Waals surface area contributed by atoms with Crippen LogP contribution in [0.1, 0.15) is 43.5 Å². The zero-order chi connectivity index (χ0) is 17.5. The highest BCUT2D eigenvalue weighted by Gasteiger charge is 2.33. The Balaban J connectivity index is 1.90. The molecule has 0 radical (unpaired) electrons. The van der Waals surface area contributed by atoms with E-state index in [2.05, 4.69) is 17.6 Å². The summed E-state index contributed by atoms with van der Waals surface area (Å²) in [5.74, 6) is -0.538. The van der Waals surface area contributed by atoms with Gasteiger partial charge in [0.15, 0.2) is 0 Å². The van der Waals surface area contributed by atoms with Gasteiger partial charge in [0.2, 0.25) is 11.8 Å². The first-order chi connectivity index (χ1) is 11.5. The molecule has 0 saturated carbocycles. The van der Waals surface area contributed by atoms with Gasteiger partial charge >= 0.3 is 0 Å². The van der Waals surface area contributed by atoms with Gasteiger partial charge in [-0.3, -0.25) is 14.4 Å². The number of hydrogen-bond acceptors (Lipinski definition) is 3. The lowest BCUT2D eigenvalue weighted by atomic mass is 10.1. The van der Waals surface area contributed by atoms with E-state index >= 15 is 0 Å². The van der Waals surface area contributed by atoms with E-state index in [1.807, 2.05) is 6.92 Å². The zero-order valence-corrected chi connectivity index (χ0v) is 14.3. The van der Waals surface area contributed by atoms with E-state index in [9.17, 15) is 14.4 Å². The molecule has 1 aliphatic heterocycles. The number of unbranched alkanes of at least 4 members (excludes halogenated alkanes) is 1. The standard InChI is InChI=1S/C18H25N3O3/c1-3-5-10-21-12-14(11-16(21)22)18(24)20-15-8-6-13(7-9-15)17(23)19-4-2/h6-9,14H,3-5,10-12H2,1-2H3,(H,19,23)(H,20,24)/t14-/m0/s1. The lowest BCUT2D eigenvalue weighted by Crippen LogP contribution is -2.29. The van der Waals surface area contributed by atoms with Crippen LogP contribution in [0.4, 0.5) is 5.69 Å². The second kappa shape index (κ2) is 8.47. The van der Waals surface area contributed by atoms with Crippen molar-refractivity contribution in [3.8, 4) is 0 Å². The minimum Gasteiger partial charge on any atom is -0.352 e. The highest BCUT2D eigenvalue weighted by atomic mass is 16.2. The van der Waals surface area contributed by atoms with Crippen LogP contribution in [0.2, 0.25) is 0 Å². The van der Waals surface area contributed by atoms with Gasteiger partial charge in [-0.25, -0.2) is 0 Å². The molecule has 0 bridgehead atoms. The highest BCUT2D eigenvalue weighted by molar-refractivity contribution is 5.98. The van der Waals surface area contributed by atoms with Crippen molar-refractivity contribution in [3.05, 3.63) is 29.8 Å². The molecule has 6 nitrogen and oxygen atoms in total. The Morgan fingerprint density at radius 1 is 1.21 bits per heavy atom. The lowest BCUT2D eigenvalue weighted by Gasteiger charge is -2.16. The molecule has 0 aromatic heterocycles. The molecule has 1 atom stereocenters. The molecule has 24 heavy (non-hydrogen) atoms. The van der Waals surface area contributed by atoms with E-state index < -0.39 is 0 Å². The van der Waals surface area contributed by atoms with Crippen molar-refractivity contribution in [2.45, 2.75) is 33.1 Å². The number of nitrogens with zero attached hydrogens (tertiary/aromatic N) is 1. The Labute approximate surface area is 142 Å². The Kier molecular flexibility index (Phi) is 6.35. The molecule has 1 heterocycles. The van der Waals surface area contributed by atoms with Crippen LogP contribution in [0.15, 0.2) is 24.3 Å². The van der Waals surface area contributed by atoms with Crippen LogP contribution in [0.25, 0.3) is 0 Å². The van der Waals surface area contributed by atoms with Crippen molar-refractivity contribution >= 4 is 23.4 Å². The molecule has 0 aliphatic carbocycles. The SMILES string of the molecule is CCCCN1C[C@@H](C(=O)Nc2ccc(C(=O)NCC)cc2)CC1=O. The normalized spacial score (nSPS) is 17.0. The van der Waals surface area contributed by atoms with Crippen LogP contribution < -0.4 is 10.6 Å². The van der Waals surface area contributed by atoms with Crippen molar-refractivity contribution in [2.75, 3.05) is 25.0 Å². The van der Waals surface area contributed by atoms with Gasteiger partial charge in [-0.2, -0.15) is 0 Å². The molecule has 1 fully saturated rings. The van der Waals surface area contributed by atoms with E-state index in [0.717, 1.165) is 19.4 Å². The van der Waals surface area contributed by atoms with Crippen LogP contribution in [0.5, 0.6) is 0 Å². The molecule has 130 valence electrons. The summed E-state index contributed by atoms with van der Waals surface area (Å²) < 4.78 is 0. The fourth-order valence-electron chi connectivity index (χ4n) is 2.72. The largest absolute Gasteiger partial charge is 0.352 e. The molecular formula is C18H25N3O3. The fourth-order valence-corrected chi connectivity index (χ4v) is 2.72. The maximum absolute atomic E-state index is 12.3. The van der Waals surface area contributed by atoms with E-state index in [0.29, 0.717) is 24.3 Å². The third-order valence-electron chi connectivity index (χ3n) is 4.12. The number of carbonyl (C=O) groups excluding carboxylic acids is 3. The quantitative estimate of drug-likeness (QED) is 0.802. The Morgan fingerprint density at radius 2 is 1.92 bits per heavy atom. The van der Waals surface area contributed by atoms with E-state index in [-0.39, 0.29) is 30.1 Å².